The number of allylic oxidation sites excluding steroid dienone is 1. The smallest absolute Gasteiger partial charge is 0.280 e. The maximum absolute atomic E-state index is 12.7. The topological polar surface area (TPSA) is 52.2 Å². The summed E-state index contributed by atoms with van der Waals surface area (Å²) in [6.45, 7) is 8.21. The molecule has 0 radical (unpaired) electrons. The minimum absolute atomic E-state index is 0.165. The predicted molar refractivity (Wildman–Crippen MR) is 98.2 cm³/mol. The van der Waals surface area contributed by atoms with E-state index in [0.29, 0.717) is 5.65 Å². The van der Waals surface area contributed by atoms with Crippen molar-refractivity contribution in [1.82, 2.24) is 19.2 Å². The molecule has 5 nitrogen and oxygen atoms in total. The summed E-state index contributed by atoms with van der Waals surface area (Å²) in [4.78, 5) is 12.7. The Hall–Kier alpha value is -2.34. The first-order chi connectivity index (χ1) is 11.5. The first-order valence-electron chi connectivity index (χ1n) is 7.77. The van der Waals surface area contributed by atoms with Crippen molar-refractivity contribution in [3.8, 4) is 5.69 Å². The van der Waals surface area contributed by atoms with Crippen molar-refractivity contribution in [3.63, 3.8) is 0 Å². The Morgan fingerprint density at radius 3 is 2.67 bits per heavy atom. The normalized spacial score (nSPS) is 11.0. The molecule has 0 unspecified atom stereocenters. The number of aromatic nitrogens is 4. The van der Waals surface area contributed by atoms with Crippen LogP contribution in [0.1, 0.15) is 25.0 Å². The number of hydrogen-bond donors (Lipinski definition) is 0. The molecule has 3 rings (SSSR count). The van der Waals surface area contributed by atoms with Crippen LogP contribution < -0.4 is 5.56 Å². The predicted octanol–water partition coefficient (Wildman–Crippen LogP) is 3.56. The number of fused-ring (bicyclic) bond motifs is 1. The van der Waals surface area contributed by atoms with Crippen molar-refractivity contribution in [2.45, 2.75) is 32.9 Å². The van der Waals surface area contributed by atoms with Crippen molar-refractivity contribution in [3.05, 3.63) is 63.7 Å². The van der Waals surface area contributed by atoms with Gasteiger partial charge >= 0.3 is 5.56 Å². The average molecular weight is 340 g/mol. The van der Waals surface area contributed by atoms with Gasteiger partial charge in [-0.3, -0.25) is 13.8 Å². The molecular weight excluding hydrogens is 320 g/mol. The molecule has 0 saturated carbocycles. The molecule has 0 atom stereocenters. The van der Waals surface area contributed by atoms with Gasteiger partial charge in [0.1, 0.15) is 0 Å². The summed E-state index contributed by atoms with van der Waals surface area (Å²) in [6, 6.07) is 5.97. The highest BCUT2D eigenvalue weighted by molar-refractivity contribution is 7.99. The van der Waals surface area contributed by atoms with Crippen molar-refractivity contribution in [2.75, 3.05) is 5.75 Å². The molecule has 124 valence electrons. The van der Waals surface area contributed by atoms with Crippen LogP contribution in [0.4, 0.5) is 0 Å². The zero-order valence-electron chi connectivity index (χ0n) is 14.3. The van der Waals surface area contributed by atoms with Crippen molar-refractivity contribution < 1.29 is 0 Å². The highest BCUT2D eigenvalue weighted by atomic mass is 32.2. The van der Waals surface area contributed by atoms with E-state index in [4.69, 9.17) is 0 Å². The van der Waals surface area contributed by atoms with Gasteiger partial charge in [0.15, 0.2) is 5.16 Å². The third kappa shape index (κ3) is 3.14. The third-order valence-corrected chi connectivity index (χ3v) is 4.78. The molecule has 0 saturated heterocycles. The van der Waals surface area contributed by atoms with E-state index >= 15 is 0 Å². The molecule has 0 aliphatic heterocycles. The Labute approximate surface area is 145 Å². The minimum Gasteiger partial charge on any atom is -0.280 e. The van der Waals surface area contributed by atoms with Gasteiger partial charge in [-0.15, -0.1) is 10.2 Å². The minimum atomic E-state index is -0.165. The van der Waals surface area contributed by atoms with Gasteiger partial charge in [-0.2, -0.15) is 0 Å². The van der Waals surface area contributed by atoms with Gasteiger partial charge < -0.3 is 0 Å². The second-order valence-electron chi connectivity index (χ2n) is 6.01. The van der Waals surface area contributed by atoms with Crippen molar-refractivity contribution >= 4 is 17.4 Å². The second kappa shape index (κ2) is 6.65. The lowest BCUT2D eigenvalue weighted by Crippen LogP contribution is -2.20. The molecule has 1 aromatic carbocycles. The van der Waals surface area contributed by atoms with Gasteiger partial charge in [0.05, 0.1) is 0 Å². The largest absolute Gasteiger partial charge is 0.300 e. The van der Waals surface area contributed by atoms with Crippen molar-refractivity contribution in [1.29, 1.82) is 0 Å². The molecule has 0 N–H and O–H groups in total. The number of thioether (sulfide) groups is 1. The first kappa shape index (κ1) is 16.5. The molecule has 3 aromatic rings. The van der Waals surface area contributed by atoms with Gasteiger partial charge in [0.2, 0.25) is 5.65 Å². The maximum Gasteiger partial charge on any atom is 0.300 e. The van der Waals surface area contributed by atoms with E-state index < -0.39 is 0 Å². The molecular formula is C18H20N4OS. The van der Waals surface area contributed by atoms with E-state index in [-0.39, 0.29) is 5.56 Å². The second-order valence-corrected chi connectivity index (χ2v) is 7.00. The lowest BCUT2D eigenvalue weighted by atomic mass is 10.1. The Balaban J connectivity index is 2.01. The third-order valence-electron chi connectivity index (χ3n) is 3.91. The van der Waals surface area contributed by atoms with E-state index in [1.807, 2.05) is 31.3 Å². The van der Waals surface area contributed by atoms with Gasteiger partial charge in [-0.1, -0.05) is 29.5 Å². The molecule has 0 spiro atoms. The standard InChI is InChI=1S/C18H20N4OS/c1-12(2)7-10-24-18-20-19-16-17(23)21(8-9-22(16)18)15-6-5-13(3)14(4)11-15/h5-9,11H,10H2,1-4H3. The summed E-state index contributed by atoms with van der Waals surface area (Å²) in [5.74, 6) is 0.809. The van der Waals surface area contributed by atoms with E-state index in [1.54, 1.807) is 26.9 Å². The lowest BCUT2D eigenvalue weighted by molar-refractivity contribution is 0.893. The van der Waals surface area contributed by atoms with Gasteiger partial charge in [-0.05, 0) is 51.0 Å². The lowest BCUT2D eigenvalue weighted by Gasteiger charge is -2.08. The molecule has 6 heteroatoms. The zero-order chi connectivity index (χ0) is 17.3. The zero-order valence-corrected chi connectivity index (χ0v) is 15.1. The van der Waals surface area contributed by atoms with Crippen LogP contribution in [-0.2, 0) is 0 Å². The van der Waals surface area contributed by atoms with Crippen LogP contribution in [0.2, 0.25) is 0 Å². The van der Waals surface area contributed by atoms with Gasteiger partial charge in [-0.25, -0.2) is 0 Å². The summed E-state index contributed by atoms with van der Waals surface area (Å²) in [5.41, 5.74) is 4.63. The maximum atomic E-state index is 12.7. The van der Waals surface area contributed by atoms with Crippen LogP contribution in [0.15, 0.2) is 52.2 Å². The summed E-state index contributed by atoms with van der Waals surface area (Å²) in [5, 5.41) is 8.96. The fourth-order valence-corrected chi connectivity index (χ4v) is 3.28. The Morgan fingerprint density at radius 1 is 1.17 bits per heavy atom. The Morgan fingerprint density at radius 2 is 1.96 bits per heavy atom. The first-order valence-corrected chi connectivity index (χ1v) is 8.76. The van der Waals surface area contributed by atoms with Crippen molar-refractivity contribution in [2.24, 2.45) is 0 Å². The van der Waals surface area contributed by atoms with Crippen LogP contribution in [0.25, 0.3) is 11.3 Å². The number of nitrogens with zero attached hydrogens (tertiary/aromatic N) is 4. The van der Waals surface area contributed by atoms with Gasteiger partial charge in [0.25, 0.3) is 0 Å². The summed E-state index contributed by atoms with van der Waals surface area (Å²) in [6.07, 6.45) is 5.74. The summed E-state index contributed by atoms with van der Waals surface area (Å²) < 4.78 is 3.37. The molecule has 0 fully saturated rings. The molecule has 0 amide bonds. The monoisotopic (exact) mass is 340 g/mol. The van der Waals surface area contributed by atoms with E-state index in [1.165, 1.54) is 11.1 Å². The van der Waals surface area contributed by atoms with E-state index in [0.717, 1.165) is 22.2 Å². The van der Waals surface area contributed by atoms with Crippen LogP contribution >= 0.6 is 11.8 Å². The summed E-state index contributed by atoms with van der Waals surface area (Å²) in [7, 11) is 0. The van der Waals surface area contributed by atoms with Crippen LogP contribution in [0.5, 0.6) is 0 Å². The molecule has 0 aliphatic carbocycles. The highest BCUT2D eigenvalue weighted by Gasteiger charge is 2.11. The number of benzene rings is 1. The fraction of sp³-hybridized carbons (Fsp3) is 0.278. The van der Waals surface area contributed by atoms with Gasteiger partial charge in [0, 0.05) is 23.8 Å². The SMILES string of the molecule is CC(C)=CCSc1nnc2c(=O)n(-c3ccc(C)c(C)c3)ccn12. The quantitative estimate of drug-likeness (QED) is 0.538. The Bertz CT molecular complexity index is 980. The number of rotatable bonds is 4. The Kier molecular flexibility index (Phi) is 4.57. The highest BCUT2D eigenvalue weighted by Crippen LogP contribution is 2.17. The van der Waals surface area contributed by atoms with Crippen LogP contribution in [0, 0.1) is 13.8 Å². The van der Waals surface area contributed by atoms with E-state index in [9.17, 15) is 4.79 Å². The van der Waals surface area contributed by atoms with Crippen LogP contribution in [-0.4, -0.2) is 24.9 Å². The number of hydrogen-bond acceptors (Lipinski definition) is 4. The average Bonchev–Trinajstić information content (AvgIpc) is 2.94. The molecule has 0 aliphatic rings. The summed E-state index contributed by atoms with van der Waals surface area (Å²) >= 11 is 1.56. The molecule has 24 heavy (non-hydrogen) atoms. The fourth-order valence-electron chi connectivity index (χ4n) is 2.33. The van der Waals surface area contributed by atoms with Crippen LogP contribution in [0.3, 0.4) is 0 Å². The number of aryl methyl sites for hydroxylation is 2. The molecule has 0 bridgehead atoms. The molecule has 2 heterocycles. The molecule has 2 aromatic heterocycles. The van der Waals surface area contributed by atoms with E-state index in [2.05, 4.69) is 37.0 Å².